The van der Waals surface area contributed by atoms with Gasteiger partial charge in [0.2, 0.25) is 0 Å². The summed E-state index contributed by atoms with van der Waals surface area (Å²) in [6, 6.07) is 46.6. The van der Waals surface area contributed by atoms with Crippen LogP contribution in [0.25, 0.3) is 59.5 Å². The van der Waals surface area contributed by atoms with Crippen LogP contribution >= 0.6 is 11.3 Å². The summed E-state index contributed by atoms with van der Waals surface area (Å²) in [7, 11) is 0.723. The molecule has 5 heteroatoms. The lowest BCUT2D eigenvalue weighted by Crippen LogP contribution is -1.99. The molecule has 2 heterocycles. The van der Waals surface area contributed by atoms with E-state index >= 15 is 0 Å². The second-order valence-electron chi connectivity index (χ2n) is 9.41. The second kappa shape index (κ2) is 9.95. The standard InChI is InChI=1S/C34H23BNO2S/c37-35-38-28-16-18-32-30(22-28)29-21-26(15-17-31(29)36(32)27-9-5-2-6-10-27)23-11-13-25(14-12-23)34-20-19-33(39-34)24-7-3-1-4-8-24/h1-22,37H. The smallest absolute Gasteiger partial charge is 0.537 e. The van der Waals surface area contributed by atoms with Crippen LogP contribution in [0.4, 0.5) is 0 Å². The van der Waals surface area contributed by atoms with Crippen molar-refractivity contribution in [2.75, 3.05) is 0 Å². The summed E-state index contributed by atoms with van der Waals surface area (Å²) in [5.41, 5.74) is 8.08. The van der Waals surface area contributed by atoms with E-state index in [0.29, 0.717) is 5.75 Å². The van der Waals surface area contributed by atoms with E-state index in [2.05, 4.69) is 108 Å². The molecular formula is C34H23BNO2S. The van der Waals surface area contributed by atoms with E-state index in [4.69, 9.17) is 4.65 Å². The lowest BCUT2D eigenvalue weighted by molar-refractivity contribution is 0.454. The van der Waals surface area contributed by atoms with Crippen LogP contribution in [-0.4, -0.2) is 17.3 Å². The number of aromatic nitrogens is 1. The van der Waals surface area contributed by atoms with Gasteiger partial charge >= 0.3 is 7.69 Å². The molecule has 0 saturated heterocycles. The van der Waals surface area contributed by atoms with Crippen molar-refractivity contribution in [3.8, 4) is 43.4 Å². The zero-order valence-electron chi connectivity index (χ0n) is 21.0. The van der Waals surface area contributed by atoms with Crippen LogP contribution in [0.2, 0.25) is 0 Å². The fourth-order valence-electron chi connectivity index (χ4n) is 5.25. The first-order valence-electron chi connectivity index (χ1n) is 12.8. The molecule has 0 aliphatic carbocycles. The van der Waals surface area contributed by atoms with Gasteiger partial charge in [0.15, 0.2) is 0 Å². The lowest BCUT2D eigenvalue weighted by Gasteiger charge is -2.08. The average Bonchev–Trinajstić information content (AvgIpc) is 3.62. The Morgan fingerprint density at radius 3 is 1.79 bits per heavy atom. The Morgan fingerprint density at radius 2 is 1.10 bits per heavy atom. The van der Waals surface area contributed by atoms with E-state index in [1.54, 1.807) is 0 Å². The summed E-state index contributed by atoms with van der Waals surface area (Å²) in [6.45, 7) is 0. The number of thiophene rings is 1. The minimum Gasteiger partial charge on any atom is -0.537 e. The van der Waals surface area contributed by atoms with Gasteiger partial charge in [-0.05, 0) is 76.9 Å². The minimum absolute atomic E-state index is 0.595. The molecule has 0 atom stereocenters. The van der Waals surface area contributed by atoms with Gasteiger partial charge in [-0.2, -0.15) is 0 Å². The molecule has 39 heavy (non-hydrogen) atoms. The molecule has 7 aromatic rings. The number of hydrogen-bond donors (Lipinski definition) is 1. The van der Waals surface area contributed by atoms with E-state index in [-0.39, 0.29) is 0 Å². The maximum absolute atomic E-state index is 9.19. The van der Waals surface area contributed by atoms with Crippen molar-refractivity contribution in [2.45, 2.75) is 0 Å². The molecule has 0 aliphatic heterocycles. The van der Waals surface area contributed by atoms with Gasteiger partial charge in [-0.25, -0.2) is 0 Å². The van der Waals surface area contributed by atoms with Crippen LogP contribution in [0.15, 0.2) is 133 Å². The molecule has 0 spiro atoms. The van der Waals surface area contributed by atoms with E-state index < -0.39 is 0 Å². The average molecular weight is 520 g/mol. The van der Waals surface area contributed by atoms with Crippen molar-refractivity contribution < 1.29 is 9.68 Å². The van der Waals surface area contributed by atoms with E-state index in [1.165, 1.54) is 20.9 Å². The van der Waals surface area contributed by atoms with Crippen LogP contribution in [-0.2, 0) is 0 Å². The van der Waals surface area contributed by atoms with Crippen molar-refractivity contribution in [3.05, 3.63) is 133 Å². The Labute approximate surface area is 231 Å². The molecule has 7 rings (SSSR count). The maximum atomic E-state index is 9.19. The third-order valence-corrected chi connectivity index (χ3v) is 8.29. The van der Waals surface area contributed by atoms with Crippen molar-refractivity contribution in [2.24, 2.45) is 0 Å². The van der Waals surface area contributed by atoms with E-state index in [1.807, 2.05) is 41.7 Å². The van der Waals surface area contributed by atoms with Gasteiger partial charge < -0.3 is 14.2 Å². The van der Waals surface area contributed by atoms with Crippen LogP contribution < -0.4 is 4.65 Å². The zero-order valence-corrected chi connectivity index (χ0v) is 21.8. The van der Waals surface area contributed by atoms with Gasteiger partial charge in [0.05, 0.1) is 11.0 Å². The quantitative estimate of drug-likeness (QED) is 0.223. The Kier molecular flexibility index (Phi) is 6.01. The molecule has 5 aromatic carbocycles. The highest BCUT2D eigenvalue weighted by Crippen LogP contribution is 2.38. The molecule has 0 unspecified atom stereocenters. The monoisotopic (exact) mass is 520 g/mol. The first kappa shape index (κ1) is 23.5. The third-order valence-electron chi connectivity index (χ3n) is 7.11. The highest BCUT2D eigenvalue weighted by atomic mass is 32.1. The summed E-state index contributed by atoms with van der Waals surface area (Å²) < 4.78 is 7.57. The molecule has 0 amide bonds. The Hall–Kier alpha value is -4.58. The van der Waals surface area contributed by atoms with Crippen LogP contribution in [0.5, 0.6) is 5.75 Å². The van der Waals surface area contributed by atoms with Crippen molar-refractivity contribution >= 4 is 40.8 Å². The molecule has 0 aliphatic rings. The fraction of sp³-hybridized carbons (Fsp3) is 0. The molecule has 0 bridgehead atoms. The van der Waals surface area contributed by atoms with Crippen LogP contribution in [0.3, 0.4) is 0 Å². The van der Waals surface area contributed by atoms with Crippen LogP contribution in [0.1, 0.15) is 0 Å². The summed E-state index contributed by atoms with van der Waals surface area (Å²) >= 11 is 1.82. The van der Waals surface area contributed by atoms with Gasteiger partial charge in [0, 0.05) is 26.2 Å². The first-order valence-corrected chi connectivity index (χ1v) is 13.6. The lowest BCUT2D eigenvalue weighted by atomic mass is 10.0. The molecule has 1 radical (unpaired) electrons. The Balaban J connectivity index is 1.29. The predicted octanol–water partition coefficient (Wildman–Crippen LogP) is 8.75. The highest BCUT2D eigenvalue weighted by molar-refractivity contribution is 7.18. The Morgan fingerprint density at radius 1 is 0.538 bits per heavy atom. The first-order chi connectivity index (χ1) is 19.3. The van der Waals surface area contributed by atoms with Gasteiger partial charge in [-0.3, -0.25) is 0 Å². The van der Waals surface area contributed by atoms with E-state index in [0.717, 1.165) is 46.3 Å². The van der Waals surface area contributed by atoms with Crippen LogP contribution in [0, 0.1) is 0 Å². The number of hydrogen-bond acceptors (Lipinski definition) is 3. The highest BCUT2D eigenvalue weighted by Gasteiger charge is 2.15. The fourth-order valence-corrected chi connectivity index (χ4v) is 6.27. The third kappa shape index (κ3) is 4.32. The molecular weight excluding hydrogens is 497 g/mol. The SMILES string of the molecule is O[B]Oc1ccc2c(c1)c1cc(-c3ccc(-c4ccc(-c5ccccc5)s4)cc3)ccc1n2-c1ccccc1. The maximum Gasteiger partial charge on any atom is 0.569 e. The zero-order chi connectivity index (χ0) is 26.2. The second-order valence-corrected chi connectivity index (χ2v) is 10.5. The summed E-state index contributed by atoms with van der Waals surface area (Å²) in [5.74, 6) is 0.595. The summed E-state index contributed by atoms with van der Waals surface area (Å²) in [4.78, 5) is 2.53. The Bertz CT molecular complexity index is 1910. The number of rotatable bonds is 6. The molecule has 3 nitrogen and oxygen atoms in total. The van der Waals surface area contributed by atoms with Gasteiger partial charge in [0.1, 0.15) is 5.75 Å². The number of nitrogens with zero attached hydrogens (tertiary/aromatic N) is 1. The normalized spacial score (nSPS) is 11.2. The largest absolute Gasteiger partial charge is 0.569 e. The van der Waals surface area contributed by atoms with Crippen molar-refractivity contribution in [1.82, 2.24) is 4.57 Å². The molecule has 0 saturated carbocycles. The molecule has 2 aromatic heterocycles. The van der Waals surface area contributed by atoms with Crippen molar-refractivity contribution in [3.63, 3.8) is 0 Å². The number of benzene rings is 5. The van der Waals surface area contributed by atoms with Gasteiger partial charge in [0.25, 0.3) is 0 Å². The predicted molar refractivity (Wildman–Crippen MR) is 164 cm³/mol. The molecule has 0 fully saturated rings. The molecule has 185 valence electrons. The van der Waals surface area contributed by atoms with E-state index in [9.17, 15) is 5.02 Å². The van der Waals surface area contributed by atoms with Crippen molar-refractivity contribution in [1.29, 1.82) is 0 Å². The topological polar surface area (TPSA) is 34.4 Å². The number of fused-ring (bicyclic) bond motifs is 3. The van der Waals surface area contributed by atoms with Gasteiger partial charge in [-0.15, -0.1) is 11.3 Å². The summed E-state index contributed by atoms with van der Waals surface area (Å²) in [6.07, 6.45) is 0. The minimum atomic E-state index is 0.595. The van der Waals surface area contributed by atoms with Gasteiger partial charge in [-0.1, -0.05) is 78.9 Å². The summed E-state index contributed by atoms with van der Waals surface area (Å²) in [5, 5.41) is 11.4. The number of para-hydroxylation sites is 1. The molecule has 1 N–H and O–H groups in total.